The monoisotopic (exact) mass is 441 g/mol. The molecule has 0 saturated carbocycles. The maximum atomic E-state index is 6.37. The number of hydrogen-bond donors (Lipinski definition) is 1. The average molecular weight is 442 g/mol. The minimum atomic E-state index is -0.0995. The second-order valence-electron chi connectivity index (χ2n) is 7.28. The molecular formula is C23H24ClN3O2S. The van der Waals surface area contributed by atoms with Gasteiger partial charge >= 0.3 is 0 Å². The molecule has 1 aliphatic heterocycles. The first kappa shape index (κ1) is 20.8. The number of thiocarbonyl (C=S) groups is 1. The van der Waals surface area contributed by atoms with Crippen LogP contribution >= 0.6 is 23.8 Å². The summed E-state index contributed by atoms with van der Waals surface area (Å²) in [5, 5.41) is 4.86. The number of nitrogens with zero attached hydrogens (tertiary/aromatic N) is 2. The summed E-state index contributed by atoms with van der Waals surface area (Å²) in [5.74, 6) is 1.63. The summed E-state index contributed by atoms with van der Waals surface area (Å²) < 4.78 is 11.6. The lowest BCUT2D eigenvalue weighted by Crippen LogP contribution is -2.31. The second kappa shape index (κ2) is 9.16. The Labute approximate surface area is 187 Å². The Morgan fingerprint density at radius 1 is 1.20 bits per heavy atom. The molecule has 3 heterocycles. The zero-order valence-corrected chi connectivity index (χ0v) is 18.5. The van der Waals surface area contributed by atoms with Crippen molar-refractivity contribution in [2.45, 2.75) is 25.4 Å². The number of rotatable bonds is 7. The van der Waals surface area contributed by atoms with Gasteiger partial charge in [0.1, 0.15) is 17.6 Å². The van der Waals surface area contributed by atoms with E-state index in [1.165, 1.54) is 0 Å². The number of hydrogen-bond acceptors (Lipinski definition) is 4. The van der Waals surface area contributed by atoms with Crippen LogP contribution in [-0.4, -0.2) is 35.3 Å². The van der Waals surface area contributed by atoms with E-state index in [9.17, 15) is 0 Å². The third-order valence-corrected chi connectivity index (χ3v) is 6.16. The molecular weight excluding hydrogens is 418 g/mol. The predicted octanol–water partition coefficient (Wildman–Crippen LogP) is 5.31. The third-order valence-electron chi connectivity index (χ3n) is 5.40. The number of nitrogens with one attached hydrogen (secondary N) is 1. The lowest BCUT2D eigenvalue weighted by atomic mass is 10.0. The molecule has 0 amide bonds. The minimum Gasteiger partial charge on any atom is -0.459 e. The van der Waals surface area contributed by atoms with Crippen molar-refractivity contribution in [2.24, 2.45) is 0 Å². The van der Waals surface area contributed by atoms with Crippen LogP contribution in [-0.2, 0) is 4.74 Å². The van der Waals surface area contributed by atoms with Gasteiger partial charge in [-0.3, -0.25) is 4.98 Å². The maximum absolute atomic E-state index is 6.37. The van der Waals surface area contributed by atoms with Gasteiger partial charge in [0.15, 0.2) is 5.11 Å². The van der Waals surface area contributed by atoms with Crippen molar-refractivity contribution in [3.63, 3.8) is 0 Å². The van der Waals surface area contributed by atoms with Crippen LogP contribution in [0.5, 0.6) is 0 Å². The minimum absolute atomic E-state index is 0.0966. The highest BCUT2D eigenvalue weighted by Gasteiger charge is 2.41. The topological polar surface area (TPSA) is 50.5 Å². The van der Waals surface area contributed by atoms with Crippen LogP contribution in [0.25, 0.3) is 11.3 Å². The van der Waals surface area contributed by atoms with E-state index in [0.717, 1.165) is 46.3 Å². The van der Waals surface area contributed by atoms with Gasteiger partial charge in [0.05, 0.1) is 11.7 Å². The SMILES string of the molecule is COCCCN1C(=S)N[C@H](c2ccccn2)[C@H]1c1ccc(-c2cccc(Cl)c2C)o1. The van der Waals surface area contributed by atoms with Gasteiger partial charge < -0.3 is 19.4 Å². The van der Waals surface area contributed by atoms with E-state index in [-0.39, 0.29) is 12.1 Å². The number of methoxy groups -OCH3 is 1. The molecule has 1 aromatic carbocycles. The van der Waals surface area contributed by atoms with E-state index < -0.39 is 0 Å². The van der Waals surface area contributed by atoms with Gasteiger partial charge in [0.2, 0.25) is 0 Å². The van der Waals surface area contributed by atoms with Crippen molar-refractivity contribution in [1.82, 2.24) is 15.2 Å². The van der Waals surface area contributed by atoms with Crippen LogP contribution in [0.1, 0.15) is 35.5 Å². The Bertz CT molecular complexity index is 1020. The van der Waals surface area contributed by atoms with E-state index in [2.05, 4.69) is 15.2 Å². The summed E-state index contributed by atoms with van der Waals surface area (Å²) in [7, 11) is 1.71. The van der Waals surface area contributed by atoms with Crippen molar-refractivity contribution >= 4 is 28.9 Å². The molecule has 1 aliphatic rings. The van der Waals surface area contributed by atoms with Gasteiger partial charge in [0, 0.05) is 37.0 Å². The van der Waals surface area contributed by atoms with Crippen LogP contribution in [0, 0.1) is 6.92 Å². The normalized spacial score (nSPS) is 18.6. The fourth-order valence-electron chi connectivity index (χ4n) is 3.87. The molecule has 5 nitrogen and oxygen atoms in total. The van der Waals surface area contributed by atoms with Crippen LogP contribution < -0.4 is 5.32 Å². The first-order valence-electron chi connectivity index (χ1n) is 9.92. The highest BCUT2D eigenvalue weighted by Crippen LogP contribution is 2.41. The smallest absolute Gasteiger partial charge is 0.170 e. The lowest BCUT2D eigenvalue weighted by molar-refractivity contribution is 0.177. The number of pyridine rings is 1. The van der Waals surface area contributed by atoms with Crippen molar-refractivity contribution in [3.05, 3.63) is 76.8 Å². The molecule has 1 saturated heterocycles. The van der Waals surface area contributed by atoms with Crippen LogP contribution in [0.15, 0.2) is 59.1 Å². The van der Waals surface area contributed by atoms with Crippen molar-refractivity contribution in [2.75, 3.05) is 20.3 Å². The Morgan fingerprint density at radius 2 is 2.07 bits per heavy atom. The molecule has 0 unspecified atom stereocenters. The standard InChI is InChI=1S/C23H24ClN3O2S/c1-15-16(7-5-8-17(15)24)19-10-11-20(29-19)22-21(18-9-3-4-12-25-18)26-23(30)27(22)13-6-14-28-2/h3-5,7-12,21-22H,6,13-14H2,1-2H3,(H,26,30)/t21-,22-/m1/s1. The van der Waals surface area contributed by atoms with Crippen LogP contribution in [0.2, 0.25) is 5.02 Å². The Hall–Kier alpha value is -2.41. The molecule has 30 heavy (non-hydrogen) atoms. The lowest BCUT2D eigenvalue weighted by Gasteiger charge is -2.26. The summed E-state index contributed by atoms with van der Waals surface area (Å²) >= 11 is 12.0. The maximum Gasteiger partial charge on any atom is 0.170 e. The van der Waals surface area contributed by atoms with Gasteiger partial charge in [-0.1, -0.05) is 29.8 Å². The van der Waals surface area contributed by atoms with Gasteiger partial charge in [-0.25, -0.2) is 0 Å². The first-order valence-corrected chi connectivity index (χ1v) is 10.7. The third kappa shape index (κ3) is 4.08. The predicted molar refractivity (Wildman–Crippen MR) is 123 cm³/mol. The first-order chi connectivity index (χ1) is 14.6. The Kier molecular flexibility index (Phi) is 6.37. The number of aromatic nitrogens is 1. The zero-order valence-electron chi connectivity index (χ0n) is 17.0. The summed E-state index contributed by atoms with van der Waals surface area (Å²) in [4.78, 5) is 6.73. The van der Waals surface area contributed by atoms with Gasteiger partial charge in [0.25, 0.3) is 0 Å². The van der Waals surface area contributed by atoms with E-state index in [1.54, 1.807) is 13.3 Å². The van der Waals surface area contributed by atoms with E-state index in [1.807, 2.05) is 55.5 Å². The Balaban J connectivity index is 1.71. The van der Waals surface area contributed by atoms with Crippen molar-refractivity contribution in [3.8, 4) is 11.3 Å². The number of ether oxygens (including phenoxy) is 1. The van der Waals surface area contributed by atoms with E-state index >= 15 is 0 Å². The fraction of sp³-hybridized carbons (Fsp3) is 0.304. The number of halogens is 1. The molecule has 2 atom stereocenters. The number of furan rings is 1. The molecule has 7 heteroatoms. The second-order valence-corrected chi connectivity index (χ2v) is 8.07. The molecule has 1 fully saturated rings. The zero-order chi connectivity index (χ0) is 21.1. The molecule has 4 rings (SSSR count). The fourth-order valence-corrected chi connectivity index (χ4v) is 4.37. The highest BCUT2D eigenvalue weighted by molar-refractivity contribution is 7.80. The van der Waals surface area contributed by atoms with Crippen LogP contribution in [0.3, 0.4) is 0 Å². The highest BCUT2D eigenvalue weighted by atomic mass is 35.5. The molecule has 0 aliphatic carbocycles. The quantitative estimate of drug-likeness (QED) is 0.396. The molecule has 0 spiro atoms. The largest absolute Gasteiger partial charge is 0.459 e. The van der Waals surface area contributed by atoms with Crippen LogP contribution in [0.4, 0.5) is 0 Å². The van der Waals surface area contributed by atoms with Gasteiger partial charge in [-0.15, -0.1) is 0 Å². The van der Waals surface area contributed by atoms with E-state index in [4.69, 9.17) is 33.0 Å². The molecule has 0 radical (unpaired) electrons. The summed E-state index contributed by atoms with van der Waals surface area (Å²) in [6.07, 6.45) is 2.67. The van der Waals surface area contributed by atoms with Crippen molar-refractivity contribution in [1.29, 1.82) is 0 Å². The molecule has 156 valence electrons. The molecule has 2 aromatic heterocycles. The Morgan fingerprint density at radius 3 is 2.83 bits per heavy atom. The molecule has 3 aromatic rings. The summed E-state index contributed by atoms with van der Waals surface area (Å²) in [5.41, 5.74) is 2.91. The van der Waals surface area contributed by atoms with Gasteiger partial charge in [-0.05, 0) is 61.5 Å². The summed E-state index contributed by atoms with van der Waals surface area (Å²) in [6, 6.07) is 15.6. The van der Waals surface area contributed by atoms with E-state index in [0.29, 0.717) is 11.7 Å². The van der Waals surface area contributed by atoms with Gasteiger partial charge in [-0.2, -0.15) is 0 Å². The number of benzene rings is 1. The molecule has 1 N–H and O–H groups in total. The molecule has 0 bridgehead atoms. The average Bonchev–Trinajstić information content (AvgIpc) is 3.36. The summed E-state index contributed by atoms with van der Waals surface area (Å²) in [6.45, 7) is 3.44. The van der Waals surface area contributed by atoms with Crippen molar-refractivity contribution < 1.29 is 9.15 Å².